The second kappa shape index (κ2) is 10.5. The number of nitrogens with one attached hydrogen (secondary N) is 2. The van der Waals surface area contributed by atoms with E-state index in [9.17, 15) is 13.2 Å². The first-order valence-electron chi connectivity index (χ1n) is 11.0. The monoisotopic (exact) mass is 459 g/mol. The van der Waals surface area contributed by atoms with Crippen LogP contribution in [0, 0.1) is 19.8 Å². The van der Waals surface area contributed by atoms with Gasteiger partial charge in [0.25, 0.3) is 0 Å². The minimum Gasteiger partial charge on any atom is -0.495 e. The van der Waals surface area contributed by atoms with E-state index < -0.39 is 10.0 Å². The lowest BCUT2D eigenvalue weighted by molar-refractivity contribution is -0.121. The molecule has 0 saturated carbocycles. The quantitative estimate of drug-likeness (QED) is 0.632. The van der Waals surface area contributed by atoms with Gasteiger partial charge in [0.1, 0.15) is 5.75 Å². The molecule has 1 aliphatic heterocycles. The largest absolute Gasteiger partial charge is 0.495 e. The maximum atomic E-state index is 12.9. The van der Waals surface area contributed by atoms with Crippen LogP contribution in [-0.2, 0) is 14.8 Å². The van der Waals surface area contributed by atoms with E-state index in [1.54, 1.807) is 31.4 Å². The van der Waals surface area contributed by atoms with Gasteiger partial charge in [-0.25, -0.2) is 13.1 Å². The number of carbonyl (C=O) groups excluding carboxylic acids is 1. The minimum atomic E-state index is -3.54. The Balaban J connectivity index is 1.58. The van der Waals surface area contributed by atoms with Crippen molar-refractivity contribution in [3.63, 3.8) is 0 Å². The van der Waals surface area contributed by atoms with E-state index in [0.717, 1.165) is 30.5 Å². The van der Waals surface area contributed by atoms with Gasteiger partial charge in [-0.1, -0.05) is 23.8 Å². The number of benzene rings is 2. The zero-order valence-electron chi connectivity index (χ0n) is 19.2. The fraction of sp³-hybridized carbons (Fsp3) is 0.458. The Morgan fingerprint density at radius 2 is 1.84 bits per heavy atom. The Bertz CT molecular complexity index is 1040. The Hall–Kier alpha value is -2.42. The van der Waals surface area contributed by atoms with Crippen LogP contribution in [0.15, 0.2) is 47.4 Å². The number of amides is 1. The van der Waals surface area contributed by atoms with Crippen molar-refractivity contribution in [1.29, 1.82) is 0 Å². The number of aryl methyl sites for hydroxylation is 2. The highest BCUT2D eigenvalue weighted by Gasteiger charge is 2.28. The minimum absolute atomic E-state index is 0.102. The van der Waals surface area contributed by atoms with Gasteiger partial charge >= 0.3 is 0 Å². The topological polar surface area (TPSA) is 87.7 Å². The molecule has 0 spiro atoms. The van der Waals surface area contributed by atoms with Crippen molar-refractivity contribution < 1.29 is 17.9 Å². The summed E-state index contributed by atoms with van der Waals surface area (Å²) in [6.45, 7) is 7.60. The van der Waals surface area contributed by atoms with Crippen molar-refractivity contribution >= 4 is 21.6 Å². The summed E-state index contributed by atoms with van der Waals surface area (Å²) in [5, 5.41) is 2.98. The molecule has 0 bridgehead atoms. The van der Waals surface area contributed by atoms with Gasteiger partial charge in [-0.3, -0.25) is 9.69 Å². The number of anilines is 1. The molecule has 1 saturated heterocycles. The first kappa shape index (κ1) is 24.2. The van der Waals surface area contributed by atoms with Gasteiger partial charge in [0.15, 0.2) is 0 Å². The summed E-state index contributed by atoms with van der Waals surface area (Å²) in [4.78, 5) is 15.3. The summed E-state index contributed by atoms with van der Waals surface area (Å²) >= 11 is 0. The maximum absolute atomic E-state index is 12.9. The van der Waals surface area contributed by atoms with Crippen molar-refractivity contribution in [2.24, 2.45) is 5.92 Å². The summed E-state index contributed by atoms with van der Waals surface area (Å²) in [7, 11) is -1.96. The third-order valence-electron chi connectivity index (χ3n) is 5.98. The molecule has 2 atom stereocenters. The smallest absolute Gasteiger partial charge is 0.241 e. The van der Waals surface area contributed by atoms with Crippen molar-refractivity contribution in [1.82, 2.24) is 9.62 Å². The summed E-state index contributed by atoms with van der Waals surface area (Å²) in [5.74, 6) is 0.667. The average Bonchev–Trinajstić information content (AvgIpc) is 2.78. The predicted octanol–water partition coefficient (Wildman–Crippen LogP) is 3.33. The van der Waals surface area contributed by atoms with Crippen molar-refractivity contribution in [2.45, 2.75) is 44.6 Å². The van der Waals surface area contributed by atoms with E-state index in [2.05, 4.69) is 14.9 Å². The number of piperidine rings is 1. The van der Waals surface area contributed by atoms with Crippen molar-refractivity contribution in [3.05, 3.63) is 53.6 Å². The van der Waals surface area contributed by atoms with Gasteiger partial charge in [0.2, 0.25) is 15.9 Å². The molecule has 2 unspecified atom stereocenters. The zero-order valence-corrected chi connectivity index (χ0v) is 20.0. The summed E-state index contributed by atoms with van der Waals surface area (Å²) in [5.41, 5.74) is 2.71. The van der Waals surface area contributed by atoms with Gasteiger partial charge < -0.3 is 10.1 Å². The van der Waals surface area contributed by atoms with Crippen LogP contribution in [0.25, 0.3) is 0 Å². The lowest BCUT2D eigenvalue weighted by Crippen LogP contribution is -2.49. The number of nitrogens with zero attached hydrogens (tertiary/aromatic N) is 1. The van der Waals surface area contributed by atoms with Crippen LogP contribution < -0.4 is 14.8 Å². The standard InChI is InChI=1S/C24H33N3O4S/c1-17-7-10-21(11-8-17)32(29,30)25-15-20-6-5-13-27(16-20)19(3)24(28)26-22-14-18(2)9-12-23(22)31-4/h7-12,14,19-20,25H,5-6,13,15-16H2,1-4H3,(H,26,28). The maximum Gasteiger partial charge on any atom is 0.241 e. The van der Waals surface area contributed by atoms with Crippen LogP contribution in [0.2, 0.25) is 0 Å². The van der Waals surface area contributed by atoms with Gasteiger partial charge in [-0.2, -0.15) is 0 Å². The number of sulfonamides is 1. The average molecular weight is 460 g/mol. The normalized spacial score (nSPS) is 18.2. The van der Waals surface area contributed by atoms with Crippen LogP contribution in [0.1, 0.15) is 30.9 Å². The number of likely N-dealkylation sites (tertiary alicyclic amines) is 1. The van der Waals surface area contributed by atoms with Crippen LogP contribution in [0.4, 0.5) is 5.69 Å². The predicted molar refractivity (Wildman–Crippen MR) is 126 cm³/mol. The molecule has 1 amide bonds. The van der Waals surface area contributed by atoms with E-state index >= 15 is 0 Å². The van der Waals surface area contributed by atoms with Crippen LogP contribution in [0.5, 0.6) is 5.75 Å². The number of methoxy groups -OCH3 is 1. The Labute approximate surface area is 191 Å². The lowest BCUT2D eigenvalue weighted by Gasteiger charge is -2.36. The molecule has 2 N–H and O–H groups in total. The highest BCUT2D eigenvalue weighted by Crippen LogP contribution is 2.26. The molecule has 0 radical (unpaired) electrons. The number of ether oxygens (including phenoxy) is 1. The highest BCUT2D eigenvalue weighted by molar-refractivity contribution is 7.89. The van der Waals surface area contributed by atoms with E-state index in [1.165, 1.54) is 0 Å². The van der Waals surface area contributed by atoms with E-state index in [-0.39, 0.29) is 22.8 Å². The molecule has 1 fully saturated rings. The fourth-order valence-electron chi connectivity index (χ4n) is 3.97. The molecule has 2 aromatic rings. The first-order chi connectivity index (χ1) is 15.2. The van der Waals surface area contributed by atoms with Crippen LogP contribution in [-0.4, -0.2) is 52.0 Å². The molecular formula is C24H33N3O4S. The third-order valence-corrected chi connectivity index (χ3v) is 7.42. The molecule has 174 valence electrons. The molecule has 0 aromatic heterocycles. The van der Waals surface area contributed by atoms with Crippen LogP contribution >= 0.6 is 0 Å². The second-order valence-electron chi connectivity index (χ2n) is 8.54. The van der Waals surface area contributed by atoms with Crippen molar-refractivity contribution in [3.8, 4) is 5.75 Å². The molecular weight excluding hydrogens is 426 g/mol. The third kappa shape index (κ3) is 6.09. The SMILES string of the molecule is COc1ccc(C)cc1NC(=O)C(C)N1CCCC(CNS(=O)(=O)c2ccc(C)cc2)C1. The van der Waals surface area contributed by atoms with E-state index in [1.807, 2.05) is 39.0 Å². The summed E-state index contributed by atoms with van der Waals surface area (Å²) in [6, 6.07) is 12.2. The molecule has 1 heterocycles. The Kier molecular flexibility index (Phi) is 7.92. The number of rotatable bonds is 8. The molecule has 2 aromatic carbocycles. The second-order valence-corrected chi connectivity index (χ2v) is 10.3. The number of carbonyl (C=O) groups is 1. The van der Waals surface area contributed by atoms with Gasteiger partial charge in [0.05, 0.1) is 23.7 Å². The fourth-order valence-corrected chi connectivity index (χ4v) is 5.08. The van der Waals surface area contributed by atoms with Gasteiger partial charge in [-0.15, -0.1) is 0 Å². The van der Waals surface area contributed by atoms with Gasteiger partial charge in [0, 0.05) is 13.1 Å². The highest BCUT2D eigenvalue weighted by atomic mass is 32.2. The molecule has 0 aliphatic carbocycles. The van der Waals surface area contributed by atoms with Gasteiger partial charge in [-0.05, 0) is 75.9 Å². The van der Waals surface area contributed by atoms with Crippen molar-refractivity contribution in [2.75, 3.05) is 32.1 Å². The molecule has 3 rings (SSSR count). The Morgan fingerprint density at radius 1 is 1.16 bits per heavy atom. The summed E-state index contributed by atoms with van der Waals surface area (Å²) < 4.78 is 33.3. The lowest BCUT2D eigenvalue weighted by atomic mass is 9.97. The molecule has 8 heteroatoms. The van der Waals surface area contributed by atoms with Crippen LogP contribution in [0.3, 0.4) is 0 Å². The molecule has 1 aliphatic rings. The molecule has 32 heavy (non-hydrogen) atoms. The zero-order chi connectivity index (χ0) is 23.3. The summed E-state index contributed by atoms with van der Waals surface area (Å²) in [6.07, 6.45) is 1.84. The first-order valence-corrected chi connectivity index (χ1v) is 12.4. The number of hydrogen-bond donors (Lipinski definition) is 2. The van der Waals surface area contributed by atoms with E-state index in [4.69, 9.17) is 4.74 Å². The molecule has 7 nitrogen and oxygen atoms in total. The van der Waals surface area contributed by atoms with E-state index in [0.29, 0.717) is 24.5 Å². The number of hydrogen-bond acceptors (Lipinski definition) is 5. The Morgan fingerprint density at radius 3 is 2.53 bits per heavy atom.